The number of anilines is 2. The average Bonchev–Trinajstić information content (AvgIpc) is 2.82. The Morgan fingerprint density at radius 2 is 2.44 bits per heavy atom. The lowest BCUT2D eigenvalue weighted by atomic mass is 10.2. The number of aromatic nitrogens is 2. The van der Waals surface area contributed by atoms with Gasteiger partial charge in [-0.3, -0.25) is 0 Å². The topological polar surface area (TPSA) is 50.3 Å². The molecule has 16 heavy (non-hydrogen) atoms. The van der Waals surface area contributed by atoms with Gasteiger partial charge < -0.3 is 15.0 Å². The van der Waals surface area contributed by atoms with E-state index in [0.29, 0.717) is 18.4 Å². The molecule has 1 aliphatic heterocycles. The highest BCUT2D eigenvalue weighted by atomic mass is 19.1. The molecule has 2 rings (SSSR count). The first-order valence-electron chi connectivity index (χ1n) is 5.23. The molecule has 0 saturated carbocycles. The second-order valence-electron chi connectivity index (χ2n) is 3.74. The molecule has 88 valence electrons. The van der Waals surface area contributed by atoms with Gasteiger partial charge in [0.25, 0.3) is 0 Å². The predicted molar refractivity (Wildman–Crippen MR) is 59.2 cm³/mol. The van der Waals surface area contributed by atoms with Crippen molar-refractivity contribution < 1.29 is 9.13 Å². The van der Waals surface area contributed by atoms with Crippen molar-refractivity contribution in [1.82, 2.24) is 9.97 Å². The summed E-state index contributed by atoms with van der Waals surface area (Å²) in [6, 6.07) is 0.189. The van der Waals surface area contributed by atoms with Crippen LogP contribution < -0.4 is 10.2 Å². The fraction of sp³-hybridized carbons (Fsp3) is 0.600. The maximum absolute atomic E-state index is 13.6. The van der Waals surface area contributed by atoms with Crippen molar-refractivity contribution in [2.45, 2.75) is 12.5 Å². The second kappa shape index (κ2) is 4.61. The van der Waals surface area contributed by atoms with Gasteiger partial charge in [-0.15, -0.1) is 0 Å². The molecule has 1 N–H and O–H groups in total. The van der Waals surface area contributed by atoms with E-state index in [1.165, 1.54) is 6.20 Å². The van der Waals surface area contributed by atoms with Gasteiger partial charge in [0.2, 0.25) is 5.95 Å². The molecule has 1 fully saturated rings. The quantitative estimate of drug-likeness (QED) is 0.829. The Labute approximate surface area is 93.6 Å². The zero-order valence-corrected chi connectivity index (χ0v) is 9.40. The van der Waals surface area contributed by atoms with Gasteiger partial charge in [-0.05, 0) is 6.42 Å². The summed E-state index contributed by atoms with van der Waals surface area (Å²) in [5.74, 6) is 0.324. The molecule has 5 nitrogen and oxygen atoms in total. The van der Waals surface area contributed by atoms with Gasteiger partial charge in [-0.2, -0.15) is 4.98 Å². The number of nitrogens with zero attached hydrogens (tertiary/aromatic N) is 3. The first kappa shape index (κ1) is 11.1. The minimum atomic E-state index is -0.409. The number of hydrogen-bond acceptors (Lipinski definition) is 5. The molecule has 1 saturated heterocycles. The Balaban J connectivity index is 2.23. The van der Waals surface area contributed by atoms with Gasteiger partial charge in [0.15, 0.2) is 11.6 Å². The molecule has 6 heteroatoms. The Morgan fingerprint density at radius 3 is 3.06 bits per heavy atom. The molecule has 0 amide bonds. The van der Waals surface area contributed by atoms with Crippen LogP contribution >= 0.6 is 0 Å². The summed E-state index contributed by atoms with van der Waals surface area (Å²) < 4.78 is 18.8. The maximum atomic E-state index is 13.6. The molecule has 1 aromatic heterocycles. The van der Waals surface area contributed by atoms with E-state index in [9.17, 15) is 4.39 Å². The Hall–Kier alpha value is -1.43. The number of ether oxygens (including phenoxy) is 1. The fourth-order valence-corrected chi connectivity index (χ4v) is 1.73. The highest BCUT2D eigenvalue weighted by Crippen LogP contribution is 2.21. The second-order valence-corrected chi connectivity index (χ2v) is 3.74. The van der Waals surface area contributed by atoms with E-state index in [1.807, 2.05) is 11.9 Å². The van der Waals surface area contributed by atoms with E-state index in [2.05, 4.69) is 15.3 Å². The Kier molecular flexibility index (Phi) is 3.19. The minimum Gasteiger partial charge on any atom is -0.379 e. The van der Waals surface area contributed by atoms with Crippen molar-refractivity contribution in [3.8, 4) is 0 Å². The number of hydrogen-bond donors (Lipinski definition) is 1. The van der Waals surface area contributed by atoms with Crippen molar-refractivity contribution >= 4 is 11.8 Å². The molecule has 1 aromatic rings. The van der Waals surface area contributed by atoms with Crippen LogP contribution in [-0.4, -0.2) is 43.3 Å². The normalized spacial score (nSPS) is 19.8. The third-order valence-corrected chi connectivity index (χ3v) is 2.74. The lowest BCUT2D eigenvalue weighted by Crippen LogP contribution is -2.33. The first-order chi connectivity index (χ1) is 7.72. The van der Waals surface area contributed by atoms with Gasteiger partial charge in [0, 0.05) is 20.7 Å². The van der Waals surface area contributed by atoms with E-state index in [-0.39, 0.29) is 6.04 Å². The molecule has 0 aliphatic carbocycles. The molecule has 0 bridgehead atoms. The van der Waals surface area contributed by atoms with Crippen LogP contribution in [0.2, 0.25) is 0 Å². The molecular weight excluding hydrogens is 211 g/mol. The van der Waals surface area contributed by atoms with Crippen LogP contribution in [0.5, 0.6) is 0 Å². The van der Waals surface area contributed by atoms with Crippen LogP contribution in [0.15, 0.2) is 6.20 Å². The van der Waals surface area contributed by atoms with Crippen molar-refractivity contribution in [3.05, 3.63) is 12.0 Å². The SMILES string of the molecule is CNc1ncc(F)c(N(C)C2CCOC2)n1. The molecule has 1 aliphatic rings. The number of halogens is 1. The lowest BCUT2D eigenvalue weighted by molar-refractivity contribution is 0.193. The van der Waals surface area contributed by atoms with E-state index in [4.69, 9.17) is 4.74 Å². The molecule has 0 spiro atoms. The van der Waals surface area contributed by atoms with Crippen molar-refractivity contribution in [2.75, 3.05) is 37.5 Å². The first-order valence-corrected chi connectivity index (χ1v) is 5.23. The van der Waals surface area contributed by atoms with Gasteiger partial charge in [-0.25, -0.2) is 9.37 Å². The third-order valence-electron chi connectivity index (χ3n) is 2.74. The smallest absolute Gasteiger partial charge is 0.224 e. The maximum Gasteiger partial charge on any atom is 0.224 e. The Bertz CT molecular complexity index is 368. The van der Waals surface area contributed by atoms with Crippen LogP contribution in [0.1, 0.15) is 6.42 Å². The molecule has 1 atom stereocenters. The van der Waals surface area contributed by atoms with Crippen molar-refractivity contribution in [1.29, 1.82) is 0 Å². The zero-order chi connectivity index (χ0) is 11.5. The van der Waals surface area contributed by atoms with E-state index >= 15 is 0 Å². The number of nitrogens with one attached hydrogen (secondary N) is 1. The number of likely N-dealkylation sites (N-methyl/N-ethyl adjacent to an activating group) is 1. The van der Waals surface area contributed by atoms with Crippen LogP contribution in [0, 0.1) is 5.82 Å². The largest absolute Gasteiger partial charge is 0.379 e. The summed E-state index contributed by atoms with van der Waals surface area (Å²) in [7, 11) is 3.53. The monoisotopic (exact) mass is 226 g/mol. The molecule has 1 unspecified atom stereocenters. The van der Waals surface area contributed by atoms with Gasteiger partial charge >= 0.3 is 0 Å². The summed E-state index contributed by atoms with van der Waals surface area (Å²) in [5, 5.41) is 2.79. The minimum absolute atomic E-state index is 0.189. The summed E-state index contributed by atoms with van der Waals surface area (Å²) in [6.45, 7) is 1.34. The standard InChI is InChI=1S/C10H15FN4O/c1-12-10-13-5-8(11)9(14-10)15(2)7-3-4-16-6-7/h5,7H,3-4,6H2,1-2H3,(H,12,13,14). The number of rotatable bonds is 3. The summed E-state index contributed by atoms with van der Waals surface area (Å²) in [4.78, 5) is 9.73. The van der Waals surface area contributed by atoms with Gasteiger partial charge in [-0.1, -0.05) is 0 Å². The van der Waals surface area contributed by atoms with Crippen LogP contribution in [0.25, 0.3) is 0 Å². The molecule has 2 heterocycles. The van der Waals surface area contributed by atoms with Crippen molar-refractivity contribution in [2.24, 2.45) is 0 Å². The highest BCUT2D eigenvalue weighted by molar-refractivity contribution is 5.44. The van der Waals surface area contributed by atoms with E-state index < -0.39 is 5.82 Å². The molecule has 0 aromatic carbocycles. The van der Waals surface area contributed by atoms with Gasteiger partial charge in [0.1, 0.15) is 0 Å². The van der Waals surface area contributed by atoms with Crippen molar-refractivity contribution in [3.63, 3.8) is 0 Å². The van der Waals surface area contributed by atoms with Gasteiger partial charge in [0.05, 0.1) is 18.8 Å². The molecular formula is C10H15FN4O. The van der Waals surface area contributed by atoms with Crippen LogP contribution in [-0.2, 0) is 4.74 Å². The lowest BCUT2D eigenvalue weighted by Gasteiger charge is -2.24. The summed E-state index contributed by atoms with van der Waals surface area (Å²) >= 11 is 0. The zero-order valence-electron chi connectivity index (χ0n) is 9.40. The van der Waals surface area contributed by atoms with Crippen LogP contribution in [0.4, 0.5) is 16.2 Å². The third kappa shape index (κ3) is 2.06. The Morgan fingerprint density at radius 1 is 1.62 bits per heavy atom. The van der Waals surface area contributed by atoms with E-state index in [1.54, 1.807) is 7.05 Å². The molecule has 0 radical (unpaired) electrons. The highest BCUT2D eigenvalue weighted by Gasteiger charge is 2.23. The van der Waals surface area contributed by atoms with E-state index in [0.717, 1.165) is 13.0 Å². The predicted octanol–water partition coefficient (Wildman–Crippen LogP) is 0.882. The fourth-order valence-electron chi connectivity index (χ4n) is 1.73. The summed E-state index contributed by atoms with van der Waals surface area (Å²) in [6.07, 6.45) is 2.08. The summed E-state index contributed by atoms with van der Waals surface area (Å²) in [5.41, 5.74) is 0. The van der Waals surface area contributed by atoms with Crippen LogP contribution in [0.3, 0.4) is 0 Å². The average molecular weight is 226 g/mol.